The summed E-state index contributed by atoms with van der Waals surface area (Å²) >= 11 is 1.59. The van der Waals surface area contributed by atoms with E-state index in [2.05, 4.69) is 14.9 Å². The van der Waals surface area contributed by atoms with Gasteiger partial charge >= 0.3 is 0 Å². The second kappa shape index (κ2) is 6.04. The van der Waals surface area contributed by atoms with Crippen molar-refractivity contribution < 1.29 is 13.5 Å². The van der Waals surface area contributed by atoms with Gasteiger partial charge in [-0.2, -0.15) is 5.10 Å². The Hall–Kier alpha value is -1.22. The fraction of sp³-hybridized carbons (Fsp3) is 0.417. The number of aromatic amines is 1. The summed E-state index contributed by atoms with van der Waals surface area (Å²) in [5.74, 6) is 0. The molecular weight excluding hydrogens is 298 g/mol. The normalized spacial score (nSPS) is 13.6. The topological polar surface area (TPSA) is 95.1 Å². The van der Waals surface area contributed by atoms with Crippen molar-refractivity contribution in [2.24, 2.45) is 0 Å². The zero-order valence-corrected chi connectivity index (χ0v) is 12.9. The first-order valence-electron chi connectivity index (χ1n) is 6.13. The van der Waals surface area contributed by atoms with Gasteiger partial charge in [0.15, 0.2) is 5.03 Å². The van der Waals surface area contributed by atoms with Gasteiger partial charge in [0.05, 0.1) is 6.61 Å². The molecule has 1 unspecified atom stereocenters. The van der Waals surface area contributed by atoms with E-state index in [9.17, 15) is 13.5 Å². The number of thiophene rings is 1. The van der Waals surface area contributed by atoms with Crippen LogP contribution >= 0.6 is 11.3 Å². The molecule has 0 aromatic carbocycles. The number of aliphatic hydroxyl groups excluding tert-OH is 1. The lowest BCUT2D eigenvalue weighted by Gasteiger charge is -2.12. The van der Waals surface area contributed by atoms with E-state index in [0.717, 1.165) is 4.88 Å². The summed E-state index contributed by atoms with van der Waals surface area (Å²) in [5, 5.41) is 17.4. The van der Waals surface area contributed by atoms with Crippen LogP contribution in [0.1, 0.15) is 23.1 Å². The molecule has 2 aromatic heterocycles. The molecule has 0 aliphatic carbocycles. The second-order valence-electron chi connectivity index (χ2n) is 4.60. The summed E-state index contributed by atoms with van der Waals surface area (Å²) in [6, 6.07) is 3.65. The summed E-state index contributed by atoms with van der Waals surface area (Å²) < 4.78 is 27.1. The molecule has 3 N–H and O–H groups in total. The van der Waals surface area contributed by atoms with Crippen molar-refractivity contribution in [2.45, 2.75) is 37.9 Å². The maximum atomic E-state index is 12.3. The van der Waals surface area contributed by atoms with E-state index in [-0.39, 0.29) is 17.7 Å². The molecular formula is C12H17N3O3S2. The van der Waals surface area contributed by atoms with Crippen molar-refractivity contribution in [3.05, 3.63) is 33.6 Å². The maximum Gasteiger partial charge on any atom is 0.260 e. The number of H-pyrrole nitrogens is 1. The van der Waals surface area contributed by atoms with Crippen molar-refractivity contribution in [3.63, 3.8) is 0 Å². The van der Waals surface area contributed by atoms with Crippen LogP contribution < -0.4 is 4.72 Å². The molecule has 20 heavy (non-hydrogen) atoms. The SMILES string of the molecule is Cc1[nH]nc(S(=O)(=O)NC(C)Cc2cccs2)c1CO. The molecule has 0 aliphatic rings. The Morgan fingerprint density at radius 2 is 2.30 bits per heavy atom. The zero-order chi connectivity index (χ0) is 14.8. The number of rotatable bonds is 6. The molecule has 0 radical (unpaired) electrons. The van der Waals surface area contributed by atoms with Crippen molar-refractivity contribution in [1.82, 2.24) is 14.9 Å². The third-order valence-electron chi connectivity index (χ3n) is 2.89. The number of hydrogen-bond donors (Lipinski definition) is 3. The fourth-order valence-corrected chi connectivity index (χ4v) is 4.20. The van der Waals surface area contributed by atoms with Crippen LogP contribution in [0.25, 0.3) is 0 Å². The van der Waals surface area contributed by atoms with Crippen LogP contribution in [0.5, 0.6) is 0 Å². The highest BCUT2D eigenvalue weighted by Gasteiger charge is 2.25. The van der Waals surface area contributed by atoms with Gasteiger partial charge in [0.1, 0.15) is 0 Å². The quantitative estimate of drug-likeness (QED) is 0.746. The third kappa shape index (κ3) is 3.26. The van der Waals surface area contributed by atoms with Gasteiger partial charge in [0, 0.05) is 22.2 Å². The molecule has 0 aliphatic heterocycles. The van der Waals surface area contributed by atoms with Crippen molar-refractivity contribution in [3.8, 4) is 0 Å². The molecule has 0 saturated heterocycles. The fourth-order valence-electron chi connectivity index (χ4n) is 1.93. The Morgan fingerprint density at radius 3 is 2.90 bits per heavy atom. The molecule has 0 saturated carbocycles. The minimum atomic E-state index is -3.73. The zero-order valence-electron chi connectivity index (χ0n) is 11.3. The van der Waals surface area contributed by atoms with E-state index in [0.29, 0.717) is 17.7 Å². The molecule has 2 aromatic rings. The highest BCUT2D eigenvalue weighted by atomic mass is 32.2. The molecule has 2 rings (SSSR count). The molecule has 0 amide bonds. The number of hydrogen-bond acceptors (Lipinski definition) is 5. The first-order valence-corrected chi connectivity index (χ1v) is 8.49. The van der Waals surface area contributed by atoms with Crippen LogP contribution in [0, 0.1) is 6.92 Å². The Bertz CT molecular complexity index is 662. The second-order valence-corrected chi connectivity index (χ2v) is 7.26. The van der Waals surface area contributed by atoms with Crippen molar-refractivity contribution >= 4 is 21.4 Å². The lowest BCUT2D eigenvalue weighted by Crippen LogP contribution is -2.34. The first kappa shape index (κ1) is 15.2. The molecule has 6 nitrogen and oxygen atoms in total. The van der Waals surface area contributed by atoms with E-state index in [1.807, 2.05) is 17.5 Å². The largest absolute Gasteiger partial charge is 0.392 e. The van der Waals surface area contributed by atoms with Gasteiger partial charge < -0.3 is 5.11 Å². The molecule has 2 heterocycles. The van der Waals surface area contributed by atoms with E-state index in [4.69, 9.17) is 0 Å². The molecule has 110 valence electrons. The van der Waals surface area contributed by atoms with E-state index in [1.54, 1.807) is 25.2 Å². The number of nitrogens with zero attached hydrogens (tertiary/aromatic N) is 1. The molecule has 0 spiro atoms. The lowest BCUT2D eigenvalue weighted by atomic mass is 10.2. The molecule has 0 fully saturated rings. The average molecular weight is 315 g/mol. The summed E-state index contributed by atoms with van der Waals surface area (Å²) in [6.45, 7) is 3.11. The summed E-state index contributed by atoms with van der Waals surface area (Å²) in [6.07, 6.45) is 0.620. The van der Waals surface area contributed by atoms with Crippen LogP contribution in [-0.4, -0.2) is 29.8 Å². The Balaban J connectivity index is 2.14. The maximum absolute atomic E-state index is 12.3. The standard InChI is InChI=1S/C12H17N3O3S2/c1-8(6-10-4-3-5-19-10)15-20(17,18)12-11(7-16)9(2)13-14-12/h3-5,8,15-16H,6-7H2,1-2H3,(H,13,14). The van der Waals surface area contributed by atoms with Gasteiger partial charge in [-0.25, -0.2) is 13.1 Å². The van der Waals surface area contributed by atoms with Gasteiger partial charge in [-0.05, 0) is 31.7 Å². The molecule has 1 atom stereocenters. The smallest absolute Gasteiger partial charge is 0.260 e. The van der Waals surface area contributed by atoms with Crippen LogP contribution in [0.4, 0.5) is 0 Å². The van der Waals surface area contributed by atoms with Crippen molar-refractivity contribution in [1.29, 1.82) is 0 Å². The number of nitrogens with one attached hydrogen (secondary N) is 2. The Morgan fingerprint density at radius 1 is 1.55 bits per heavy atom. The van der Waals surface area contributed by atoms with Crippen LogP contribution in [-0.2, 0) is 23.1 Å². The minimum absolute atomic E-state index is 0.129. The van der Waals surface area contributed by atoms with Crippen LogP contribution in [0.3, 0.4) is 0 Å². The number of sulfonamides is 1. The monoisotopic (exact) mass is 315 g/mol. The Labute approximate surface area is 121 Å². The number of aromatic nitrogens is 2. The van der Waals surface area contributed by atoms with Gasteiger partial charge in [-0.3, -0.25) is 5.10 Å². The summed E-state index contributed by atoms with van der Waals surface area (Å²) in [4.78, 5) is 1.11. The van der Waals surface area contributed by atoms with Gasteiger partial charge in [0.2, 0.25) is 0 Å². The predicted molar refractivity (Wildman–Crippen MR) is 77.1 cm³/mol. The predicted octanol–water partition coefficient (Wildman–Crippen LogP) is 1.18. The van der Waals surface area contributed by atoms with Crippen molar-refractivity contribution in [2.75, 3.05) is 0 Å². The minimum Gasteiger partial charge on any atom is -0.392 e. The highest BCUT2D eigenvalue weighted by molar-refractivity contribution is 7.89. The Kier molecular flexibility index (Phi) is 4.59. The van der Waals surface area contributed by atoms with Gasteiger partial charge in [0.25, 0.3) is 10.0 Å². The summed E-state index contributed by atoms with van der Waals surface area (Å²) in [5.41, 5.74) is 0.861. The van der Waals surface area contributed by atoms with E-state index >= 15 is 0 Å². The van der Waals surface area contributed by atoms with Crippen LogP contribution in [0.2, 0.25) is 0 Å². The lowest BCUT2D eigenvalue weighted by molar-refractivity contribution is 0.277. The average Bonchev–Trinajstić information content (AvgIpc) is 2.97. The van der Waals surface area contributed by atoms with Gasteiger partial charge in [-0.15, -0.1) is 11.3 Å². The first-order chi connectivity index (χ1) is 9.44. The van der Waals surface area contributed by atoms with E-state index in [1.165, 1.54) is 0 Å². The third-order valence-corrected chi connectivity index (χ3v) is 5.35. The van der Waals surface area contributed by atoms with Crippen LogP contribution in [0.15, 0.2) is 22.5 Å². The molecule has 0 bridgehead atoms. The van der Waals surface area contributed by atoms with Gasteiger partial charge in [-0.1, -0.05) is 6.07 Å². The molecule has 8 heteroatoms. The summed E-state index contributed by atoms with van der Waals surface area (Å²) in [7, 11) is -3.73. The number of aliphatic hydroxyl groups is 1. The highest BCUT2D eigenvalue weighted by Crippen LogP contribution is 2.17. The number of aryl methyl sites for hydroxylation is 1. The van der Waals surface area contributed by atoms with E-state index < -0.39 is 10.0 Å².